The van der Waals surface area contributed by atoms with Gasteiger partial charge in [0.1, 0.15) is 5.75 Å². The minimum atomic E-state index is 0.399. The van der Waals surface area contributed by atoms with Crippen LogP contribution in [0.3, 0.4) is 0 Å². The molecule has 1 atom stereocenters. The molecular formula is C17H27NO. The molecule has 2 nitrogen and oxygen atoms in total. The molecule has 0 saturated carbocycles. The summed E-state index contributed by atoms with van der Waals surface area (Å²) in [5, 5.41) is 13.2. The lowest BCUT2D eigenvalue weighted by Crippen LogP contribution is -2.29. The molecule has 2 rings (SSSR count). The van der Waals surface area contributed by atoms with Gasteiger partial charge in [0.2, 0.25) is 0 Å². The van der Waals surface area contributed by atoms with Crippen molar-refractivity contribution in [2.45, 2.75) is 64.3 Å². The number of unbranched alkanes of at least 4 members (excludes halogenated alkanes) is 5. The molecule has 1 aliphatic heterocycles. The number of aromatic hydroxyl groups is 1. The Morgan fingerprint density at radius 1 is 1.16 bits per heavy atom. The second-order valence-electron chi connectivity index (χ2n) is 5.70. The molecule has 1 aromatic rings. The molecule has 0 saturated heterocycles. The van der Waals surface area contributed by atoms with Crippen molar-refractivity contribution in [2.75, 3.05) is 6.54 Å². The van der Waals surface area contributed by atoms with Crippen LogP contribution >= 0.6 is 0 Å². The Balaban J connectivity index is 1.80. The summed E-state index contributed by atoms with van der Waals surface area (Å²) in [5.74, 6) is 0.399. The number of fused-ring (bicyclic) bond motifs is 1. The average molecular weight is 261 g/mol. The van der Waals surface area contributed by atoms with Crippen LogP contribution in [0.25, 0.3) is 0 Å². The highest BCUT2D eigenvalue weighted by atomic mass is 16.3. The molecule has 0 fully saturated rings. The van der Waals surface area contributed by atoms with E-state index in [0.717, 1.165) is 13.0 Å². The maximum atomic E-state index is 9.65. The van der Waals surface area contributed by atoms with Gasteiger partial charge in [0, 0.05) is 6.04 Å². The number of benzene rings is 1. The standard InChI is InChI=1S/C17H27NO/c1-2-3-4-5-6-7-8-17-16-13-15(19)10-9-14(16)11-12-18-17/h9-10,13,17-19H,2-8,11-12H2,1H3. The number of phenols is 1. The second kappa shape index (κ2) is 7.54. The summed E-state index contributed by atoms with van der Waals surface area (Å²) in [7, 11) is 0. The average Bonchev–Trinajstić information content (AvgIpc) is 2.43. The van der Waals surface area contributed by atoms with Crippen molar-refractivity contribution >= 4 is 0 Å². The highest BCUT2D eigenvalue weighted by Crippen LogP contribution is 2.29. The molecule has 0 radical (unpaired) electrons. The predicted octanol–water partition coefficient (Wildman–Crippen LogP) is 4.33. The van der Waals surface area contributed by atoms with Crippen molar-refractivity contribution in [3.05, 3.63) is 29.3 Å². The second-order valence-corrected chi connectivity index (χ2v) is 5.70. The largest absolute Gasteiger partial charge is 0.508 e. The van der Waals surface area contributed by atoms with E-state index >= 15 is 0 Å². The zero-order valence-electron chi connectivity index (χ0n) is 12.1. The van der Waals surface area contributed by atoms with Crippen LogP contribution in [0.5, 0.6) is 5.75 Å². The molecule has 106 valence electrons. The Hall–Kier alpha value is -1.02. The van der Waals surface area contributed by atoms with Gasteiger partial charge in [0.25, 0.3) is 0 Å². The van der Waals surface area contributed by atoms with Gasteiger partial charge in [-0.2, -0.15) is 0 Å². The van der Waals surface area contributed by atoms with Crippen molar-refractivity contribution in [1.29, 1.82) is 0 Å². The SMILES string of the molecule is CCCCCCCCC1NCCc2ccc(O)cc21. The first-order valence-corrected chi connectivity index (χ1v) is 7.86. The maximum Gasteiger partial charge on any atom is 0.115 e. The van der Waals surface area contributed by atoms with Gasteiger partial charge < -0.3 is 10.4 Å². The lowest BCUT2D eigenvalue weighted by molar-refractivity contribution is 0.439. The van der Waals surface area contributed by atoms with Crippen LogP contribution in [0, 0.1) is 0 Å². The quantitative estimate of drug-likeness (QED) is 0.716. The lowest BCUT2D eigenvalue weighted by Gasteiger charge is -2.27. The van der Waals surface area contributed by atoms with Crippen molar-refractivity contribution in [3.8, 4) is 5.75 Å². The fraction of sp³-hybridized carbons (Fsp3) is 0.647. The molecule has 0 aromatic heterocycles. The molecule has 1 aliphatic rings. The first-order valence-electron chi connectivity index (χ1n) is 7.86. The van der Waals surface area contributed by atoms with Gasteiger partial charge in [-0.05, 0) is 42.6 Å². The highest BCUT2D eigenvalue weighted by Gasteiger charge is 2.19. The van der Waals surface area contributed by atoms with E-state index in [0.29, 0.717) is 11.8 Å². The Bertz CT molecular complexity index is 389. The molecule has 19 heavy (non-hydrogen) atoms. The minimum Gasteiger partial charge on any atom is -0.508 e. The van der Waals surface area contributed by atoms with Crippen LogP contribution in [0.15, 0.2) is 18.2 Å². The zero-order valence-corrected chi connectivity index (χ0v) is 12.1. The molecule has 0 spiro atoms. The Labute approximate surface area is 117 Å². The van der Waals surface area contributed by atoms with Crippen molar-refractivity contribution < 1.29 is 5.11 Å². The predicted molar refractivity (Wildman–Crippen MR) is 80.5 cm³/mol. The molecule has 0 amide bonds. The molecule has 1 heterocycles. The van der Waals surface area contributed by atoms with Crippen LogP contribution in [-0.4, -0.2) is 11.7 Å². The number of rotatable bonds is 7. The molecule has 1 unspecified atom stereocenters. The summed E-state index contributed by atoms with van der Waals surface area (Å²) in [4.78, 5) is 0. The molecule has 0 aliphatic carbocycles. The number of hydrogen-bond donors (Lipinski definition) is 2. The molecule has 2 heteroatoms. The van der Waals surface area contributed by atoms with E-state index in [1.165, 1.54) is 56.1 Å². The number of hydrogen-bond acceptors (Lipinski definition) is 2. The van der Waals surface area contributed by atoms with Gasteiger partial charge in [0.15, 0.2) is 0 Å². The topological polar surface area (TPSA) is 32.3 Å². The summed E-state index contributed by atoms with van der Waals surface area (Å²) in [6.07, 6.45) is 10.3. The van der Waals surface area contributed by atoms with Gasteiger partial charge >= 0.3 is 0 Å². The van der Waals surface area contributed by atoms with Gasteiger partial charge in [-0.3, -0.25) is 0 Å². The lowest BCUT2D eigenvalue weighted by atomic mass is 9.91. The highest BCUT2D eigenvalue weighted by molar-refractivity contribution is 5.38. The van der Waals surface area contributed by atoms with Crippen LogP contribution in [-0.2, 0) is 6.42 Å². The summed E-state index contributed by atoms with van der Waals surface area (Å²) in [6, 6.07) is 6.29. The first kappa shape index (κ1) is 14.4. The molecule has 2 N–H and O–H groups in total. The summed E-state index contributed by atoms with van der Waals surface area (Å²) in [6.45, 7) is 3.33. The van der Waals surface area contributed by atoms with E-state index in [2.05, 4.69) is 18.3 Å². The third-order valence-electron chi connectivity index (χ3n) is 4.14. The molecular weight excluding hydrogens is 234 g/mol. The fourth-order valence-corrected chi connectivity index (χ4v) is 3.01. The zero-order chi connectivity index (χ0) is 13.5. The van der Waals surface area contributed by atoms with Crippen LogP contribution in [0.1, 0.15) is 69.0 Å². The van der Waals surface area contributed by atoms with E-state index in [9.17, 15) is 5.11 Å². The van der Waals surface area contributed by atoms with Crippen molar-refractivity contribution in [2.24, 2.45) is 0 Å². The van der Waals surface area contributed by atoms with Crippen LogP contribution in [0.4, 0.5) is 0 Å². The van der Waals surface area contributed by atoms with E-state index in [-0.39, 0.29) is 0 Å². The van der Waals surface area contributed by atoms with Gasteiger partial charge in [0.05, 0.1) is 0 Å². The Kier molecular flexibility index (Phi) is 5.71. The smallest absolute Gasteiger partial charge is 0.115 e. The monoisotopic (exact) mass is 261 g/mol. The first-order chi connectivity index (χ1) is 9.31. The van der Waals surface area contributed by atoms with E-state index in [4.69, 9.17) is 0 Å². The summed E-state index contributed by atoms with van der Waals surface area (Å²) < 4.78 is 0. The third-order valence-corrected chi connectivity index (χ3v) is 4.14. The van der Waals surface area contributed by atoms with Crippen LogP contribution < -0.4 is 5.32 Å². The number of nitrogens with one attached hydrogen (secondary N) is 1. The normalized spacial score (nSPS) is 18.3. The van der Waals surface area contributed by atoms with E-state index in [1.807, 2.05) is 12.1 Å². The Morgan fingerprint density at radius 3 is 2.79 bits per heavy atom. The Morgan fingerprint density at radius 2 is 1.95 bits per heavy atom. The fourth-order valence-electron chi connectivity index (χ4n) is 3.01. The van der Waals surface area contributed by atoms with Gasteiger partial charge in [-0.25, -0.2) is 0 Å². The third kappa shape index (κ3) is 4.24. The summed E-state index contributed by atoms with van der Waals surface area (Å²) >= 11 is 0. The maximum absolute atomic E-state index is 9.65. The van der Waals surface area contributed by atoms with E-state index in [1.54, 1.807) is 0 Å². The summed E-state index contributed by atoms with van der Waals surface area (Å²) in [5.41, 5.74) is 2.73. The van der Waals surface area contributed by atoms with Crippen molar-refractivity contribution in [3.63, 3.8) is 0 Å². The molecule has 1 aromatic carbocycles. The van der Waals surface area contributed by atoms with E-state index < -0.39 is 0 Å². The minimum absolute atomic E-state index is 0.399. The number of phenolic OH excluding ortho intramolecular Hbond substituents is 1. The van der Waals surface area contributed by atoms with Crippen molar-refractivity contribution in [1.82, 2.24) is 5.32 Å². The van der Waals surface area contributed by atoms with Gasteiger partial charge in [-0.1, -0.05) is 51.5 Å². The van der Waals surface area contributed by atoms with Crippen LogP contribution in [0.2, 0.25) is 0 Å². The van der Waals surface area contributed by atoms with Gasteiger partial charge in [-0.15, -0.1) is 0 Å². The molecule has 0 bridgehead atoms.